The highest BCUT2D eigenvalue weighted by Gasteiger charge is 2.16. The van der Waals surface area contributed by atoms with E-state index in [2.05, 4.69) is 6.07 Å². The zero-order valence-corrected chi connectivity index (χ0v) is 10.1. The maximum Gasteiger partial charge on any atom is 0.170 e. The van der Waals surface area contributed by atoms with Crippen LogP contribution in [0.1, 0.15) is 34.3 Å². The highest BCUT2D eigenvalue weighted by atomic mass is 16.1. The Balaban J connectivity index is 2.23. The molecule has 0 aromatic heterocycles. The summed E-state index contributed by atoms with van der Waals surface area (Å²) < 4.78 is 0. The second-order valence-corrected chi connectivity index (χ2v) is 4.19. The molecule has 0 saturated heterocycles. The summed E-state index contributed by atoms with van der Waals surface area (Å²) in [6, 6.07) is 18.5. The van der Waals surface area contributed by atoms with Crippen LogP contribution in [0.4, 0.5) is 0 Å². The summed E-state index contributed by atoms with van der Waals surface area (Å²) in [5, 5.41) is 8.74. The summed E-state index contributed by atoms with van der Waals surface area (Å²) in [7, 11) is 0. The van der Waals surface area contributed by atoms with Gasteiger partial charge in [-0.2, -0.15) is 5.26 Å². The number of carbonyl (C=O) groups is 1. The van der Waals surface area contributed by atoms with Gasteiger partial charge in [-0.15, -0.1) is 0 Å². The molecule has 0 amide bonds. The standard InChI is InChI=1S/C16H13NO/c1-12(14-9-7-13(11-17)8-10-14)16(18)15-5-3-2-4-6-15/h2-10,12H,1H3. The van der Waals surface area contributed by atoms with Gasteiger partial charge in [0.05, 0.1) is 11.6 Å². The van der Waals surface area contributed by atoms with E-state index in [1.807, 2.05) is 49.4 Å². The number of Topliss-reactive ketones (excluding diaryl/α,β-unsaturated/α-hetero) is 1. The van der Waals surface area contributed by atoms with Crippen LogP contribution in [0, 0.1) is 11.3 Å². The molecular formula is C16H13NO. The molecule has 0 radical (unpaired) electrons. The zero-order chi connectivity index (χ0) is 13.0. The fourth-order valence-electron chi connectivity index (χ4n) is 1.85. The lowest BCUT2D eigenvalue weighted by Crippen LogP contribution is -2.09. The van der Waals surface area contributed by atoms with Gasteiger partial charge in [-0.05, 0) is 17.7 Å². The largest absolute Gasteiger partial charge is 0.294 e. The third kappa shape index (κ3) is 2.46. The quantitative estimate of drug-likeness (QED) is 0.763. The first-order valence-corrected chi connectivity index (χ1v) is 5.81. The minimum Gasteiger partial charge on any atom is -0.294 e. The summed E-state index contributed by atoms with van der Waals surface area (Å²) in [5.74, 6) is -0.0968. The third-order valence-electron chi connectivity index (χ3n) is 2.99. The third-order valence-corrected chi connectivity index (χ3v) is 2.99. The lowest BCUT2D eigenvalue weighted by Gasteiger charge is -2.10. The molecule has 2 aromatic carbocycles. The lowest BCUT2D eigenvalue weighted by molar-refractivity contribution is 0.0966. The van der Waals surface area contributed by atoms with Crippen molar-refractivity contribution in [3.05, 3.63) is 71.3 Å². The number of hydrogen-bond donors (Lipinski definition) is 0. The molecule has 88 valence electrons. The van der Waals surface area contributed by atoms with Gasteiger partial charge in [0.15, 0.2) is 5.78 Å². The normalized spacial score (nSPS) is 11.6. The van der Waals surface area contributed by atoms with Gasteiger partial charge in [-0.1, -0.05) is 49.4 Å². The first-order valence-electron chi connectivity index (χ1n) is 5.81. The molecule has 0 heterocycles. The van der Waals surface area contributed by atoms with E-state index in [1.54, 1.807) is 12.1 Å². The maximum atomic E-state index is 12.2. The van der Waals surface area contributed by atoms with Crippen molar-refractivity contribution in [1.82, 2.24) is 0 Å². The molecule has 1 atom stereocenters. The van der Waals surface area contributed by atoms with Crippen molar-refractivity contribution in [3.8, 4) is 6.07 Å². The van der Waals surface area contributed by atoms with Crippen molar-refractivity contribution in [2.45, 2.75) is 12.8 Å². The van der Waals surface area contributed by atoms with Gasteiger partial charge < -0.3 is 0 Å². The molecule has 2 nitrogen and oxygen atoms in total. The highest BCUT2D eigenvalue weighted by molar-refractivity contribution is 6.00. The maximum absolute atomic E-state index is 12.2. The summed E-state index contributed by atoms with van der Waals surface area (Å²) in [5.41, 5.74) is 2.26. The van der Waals surface area contributed by atoms with E-state index in [9.17, 15) is 4.79 Å². The fourth-order valence-corrected chi connectivity index (χ4v) is 1.85. The highest BCUT2D eigenvalue weighted by Crippen LogP contribution is 2.20. The molecule has 0 N–H and O–H groups in total. The van der Waals surface area contributed by atoms with Crippen LogP contribution in [0.3, 0.4) is 0 Å². The smallest absolute Gasteiger partial charge is 0.170 e. The summed E-state index contributed by atoms with van der Waals surface area (Å²) in [6.07, 6.45) is 0. The van der Waals surface area contributed by atoms with Gasteiger partial charge in [0, 0.05) is 11.5 Å². The van der Waals surface area contributed by atoms with Crippen molar-refractivity contribution in [2.24, 2.45) is 0 Å². The Hall–Kier alpha value is -2.40. The molecule has 0 fully saturated rings. The predicted octanol–water partition coefficient (Wildman–Crippen LogP) is 3.54. The van der Waals surface area contributed by atoms with Gasteiger partial charge >= 0.3 is 0 Å². The zero-order valence-electron chi connectivity index (χ0n) is 10.1. The Labute approximate surface area is 107 Å². The average Bonchev–Trinajstić information content (AvgIpc) is 2.47. The Morgan fingerprint density at radius 1 is 1.06 bits per heavy atom. The molecule has 0 aliphatic carbocycles. The summed E-state index contributed by atoms with van der Waals surface area (Å²) >= 11 is 0. The summed E-state index contributed by atoms with van der Waals surface area (Å²) in [6.45, 7) is 1.89. The molecule has 0 bridgehead atoms. The van der Waals surface area contributed by atoms with Crippen molar-refractivity contribution in [1.29, 1.82) is 5.26 Å². The van der Waals surface area contributed by atoms with E-state index in [0.29, 0.717) is 11.1 Å². The Kier molecular flexibility index (Phi) is 3.54. The predicted molar refractivity (Wildman–Crippen MR) is 70.3 cm³/mol. The number of benzene rings is 2. The number of carbonyl (C=O) groups excluding carboxylic acids is 1. The van der Waals surface area contributed by atoms with Crippen LogP contribution >= 0.6 is 0 Å². The van der Waals surface area contributed by atoms with Gasteiger partial charge in [0.2, 0.25) is 0 Å². The van der Waals surface area contributed by atoms with Gasteiger partial charge in [-0.3, -0.25) is 4.79 Å². The second-order valence-electron chi connectivity index (χ2n) is 4.19. The van der Waals surface area contributed by atoms with Crippen molar-refractivity contribution in [2.75, 3.05) is 0 Å². The number of nitrogens with zero attached hydrogens (tertiary/aromatic N) is 1. The SMILES string of the molecule is CC(C(=O)c1ccccc1)c1ccc(C#N)cc1. The van der Waals surface area contributed by atoms with Crippen LogP contribution in [0.5, 0.6) is 0 Å². The van der Waals surface area contributed by atoms with E-state index < -0.39 is 0 Å². The van der Waals surface area contributed by atoms with Gasteiger partial charge in [0.25, 0.3) is 0 Å². The van der Waals surface area contributed by atoms with Gasteiger partial charge in [-0.25, -0.2) is 0 Å². The summed E-state index contributed by atoms with van der Waals surface area (Å²) in [4.78, 5) is 12.2. The molecule has 2 heteroatoms. The Morgan fingerprint density at radius 3 is 2.22 bits per heavy atom. The molecule has 1 unspecified atom stereocenters. The van der Waals surface area contributed by atoms with E-state index in [0.717, 1.165) is 5.56 Å². The molecular weight excluding hydrogens is 222 g/mol. The van der Waals surface area contributed by atoms with E-state index in [4.69, 9.17) is 5.26 Å². The van der Waals surface area contributed by atoms with Crippen LogP contribution in [-0.4, -0.2) is 5.78 Å². The number of nitriles is 1. The molecule has 2 rings (SSSR count). The monoisotopic (exact) mass is 235 g/mol. The number of ketones is 1. The van der Waals surface area contributed by atoms with Crippen molar-refractivity contribution < 1.29 is 4.79 Å². The molecule has 0 aliphatic heterocycles. The number of hydrogen-bond acceptors (Lipinski definition) is 2. The topological polar surface area (TPSA) is 40.9 Å². The average molecular weight is 235 g/mol. The van der Waals surface area contributed by atoms with Crippen LogP contribution in [0.15, 0.2) is 54.6 Å². The van der Waals surface area contributed by atoms with Crippen LogP contribution in [0.2, 0.25) is 0 Å². The molecule has 18 heavy (non-hydrogen) atoms. The first kappa shape index (κ1) is 12.1. The number of rotatable bonds is 3. The van der Waals surface area contributed by atoms with Gasteiger partial charge in [0.1, 0.15) is 0 Å². The molecule has 0 saturated carbocycles. The molecule has 0 spiro atoms. The minimum absolute atomic E-state index is 0.0975. The van der Waals surface area contributed by atoms with Crippen molar-refractivity contribution in [3.63, 3.8) is 0 Å². The Morgan fingerprint density at radius 2 is 1.67 bits per heavy atom. The Bertz CT molecular complexity index is 579. The molecule has 0 aliphatic rings. The van der Waals surface area contributed by atoms with E-state index in [-0.39, 0.29) is 11.7 Å². The van der Waals surface area contributed by atoms with Crippen LogP contribution in [0.25, 0.3) is 0 Å². The first-order chi connectivity index (χ1) is 8.72. The van der Waals surface area contributed by atoms with E-state index >= 15 is 0 Å². The van der Waals surface area contributed by atoms with Crippen molar-refractivity contribution >= 4 is 5.78 Å². The minimum atomic E-state index is -0.194. The lowest BCUT2D eigenvalue weighted by atomic mass is 9.92. The molecule has 2 aromatic rings. The fraction of sp³-hybridized carbons (Fsp3) is 0.125. The van der Waals surface area contributed by atoms with E-state index in [1.165, 1.54) is 0 Å². The van der Waals surface area contributed by atoms with Crippen LogP contribution in [-0.2, 0) is 0 Å². The van der Waals surface area contributed by atoms with Crippen LogP contribution < -0.4 is 0 Å². The second kappa shape index (κ2) is 5.29.